The second-order valence-electron chi connectivity index (χ2n) is 11.6. The number of aromatic amines is 2. The van der Waals surface area contributed by atoms with Crippen LogP contribution in [0.15, 0.2) is 18.2 Å². The fourth-order valence-corrected chi connectivity index (χ4v) is 7.03. The summed E-state index contributed by atoms with van der Waals surface area (Å²) in [5.41, 5.74) is 15.2. The molecule has 0 saturated carbocycles. The van der Waals surface area contributed by atoms with E-state index in [4.69, 9.17) is 14.7 Å². The number of H-pyrrole nitrogens is 2. The van der Waals surface area contributed by atoms with Crippen LogP contribution < -0.4 is 0 Å². The Kier molecular flexibility index (Phi) is 6.71. The first-order chi connectivity index (χ1) is 19.7. The number of esters is 1. The molecule has 2 atom stereocenters. The quantitative estimate of drug-likeness (QED) is 0.322. The lowest BCUT2D eigenvalue weighted by Gasteiger charge is -2.16. The third kappa shape index (κ3) is 4.25. The normalized spacial score (nSPS) is 18.0. The molecular weight excluding hydrogens is 512 g/mol. The minimum atomic E-state index is -0.232. The maximum atomic E-state index is 13.4. The van der Waals surface area contributed by atoms with E-state index in [2.05, 4.69) is 62.8 Å². The van der Waals surface area contributed by atoms with Gasteiger partial charge in [0.05, 0.1) is 29.7 Å². The van der Waals surface area contributed by atoms with Gasteiger partial charge in [-0.05, 0) is 86.1 Å². The summed E-state index contributed by atoms with van der Waals surface area (Å²) in [6.07, 6.45) is 2.99. The molecule has 0 spiro atoms. The highest BCUT2D eigenvalue weighted by atomic mass is 16.5. The van der Waals surface area contributed by atoms with Crippen LogP contribution in [-0.2, 0) is 22.4 Å². The molecule has 0 saturated heterocycles. The number of nitrogens with one attached hydrogen (secondary N) is 2. The van der Waals surface area contributed by atoms with E-state index >= 15 is 0 Å². The van der Waals surface area contributed by atoms with Crippen LogP contribution in [0.3, 0.4) is 0 Å². The minimum absolute atomic E-state index is 0.000913. The van der Waals surface area contributed by atoms with E-state index in [9.17, 15) is 9.59 Å². The van der Waals surface area contributed by atoms with Gasteiger partial charge < -0.3 is 14.7 Å². The van der Waals surface area contributed by atoms with Crippen molar-refractivity contribution in [1.29, 1.82) is 0 Å². The van der Waals surface area contributed by atoms with Gasteiger partial charge in [0.2, 0.25) is 0 Å². The molecule has 212 valence electrons. The Hall–Kier alpha value is -4.00. The van der Waals surface area contributed by atoms with Crippen molar-refractivity contribution >= 4 is 45.0 Å². The molecule has 2 aliphatic heterocycles. The maximum Gasteiger partial charge on any atom is 0.305 e. The monoisotopic (exact) mass is 550 g/mol. The Bertz CT molecular complexity index is 1820. The Morgan fingerprint density at radius 1 is 0.976 bits per heavy atom. The standard InChI is InChI=1S/C34H38N4O3/c1-8-20-16(3)24-13-26-18(5)22(10-11-31(40)41-7)33(37-26)23-12-30(39)32-19(6)27(38-34(23)32)15-29-21(9-2)17(4)25(36-29)14-28(20)35-24/h13-15,18,22,35,38H,8-12H2,1-7H3/t18-,22-/m0/s1. The Morgan fingerprint density at radius 3 is 2.41 bits per heavy atom. The lowest BCUT2D eigenvalue weighted by atomic mass is 9.85. The van der Waals surface area contributed by atoms with Crippen LogP contribution in [0.25, 0.3) is 33.2 Å². The predicted molar refractivity (Wildman–Crippen MR) is 163 cm³/mol. The van der Waals surface area contributed by atoms with Gasteiger partial charge in [-0.25, -0.2) is 4.98 Å². The summed E-state index contributed by atoms with van der Waals surface area (Å²) >= 11 is 0. The molecule has 6 rings (SSSR count). The number of carbonyl (C=O) groups is 2. The number of allylic oxidation sites excluding steroid dienone is 2. The number of aromatic nitrogens is 4. The van der Waals surface area contributed by atoms with Gasteiger partial charge >= 0.3 is 5.97 Å². The number of rotatable bonds is 5. The molecular formula is C34H38N4O3. The number of aryl methyl sites for hydroxylation is 3. The molecule has 0 amide bonds. The maximum absolute atomic E-state index is 13.4. The van der Waals surface area contributed by atoms with E-state index in [1.807, 2.05) is 6.92 Å². The van der Waals surface area contributed by atoms with Crippen molar-refractivity contribution in [3.63, 3.8) is 0 Å². The number of Topliss-reactive ketones (excluding diaryl/α,β-unsaturated/α-hetero) is 1. The molecule has 7 nitrogen and oxygen atoms in total. The van der Waals surface area contributed by atoms with Crippen molar-refractivity contribution in [3.05, 3.63) is 68.8 Å². The van der Waals surface area contributed by atoms with Crippen molar-refractivity contribution in [1.82, 2.24) is 19.9 Å². The second-order valence-corrected chi connectivity index (χ2v) is 11.6. The van der Waals surface area contributed by atoms with E-state index in [-0.39, 0.29) is 23.6 Å². The molecule has 0 unspecified atom stereocenters. The molecule has 8 bridgehead atoms. The van der Waals surface area contributed by atoms with Gasteiger partial charge in [0.15, 0.2) is 5.78 Å². The fourth-order valence-electron chi connectivity index (χ4n) is 7.03. The number of fused-ring (bicyclic) bond motifs is 8. The summed E-state index contributed by atoms with van der Waals surface area (Å²) in [6, 6.07) is 6.43. The number of ether oxygens (including phenoxy) is 1. The van der Waals surface area contributed by atoms with Gasteiger partial charge in [0.1, 0.15) is 0 Å². The lowest BCUT2D eigenvalue weighted by Crippen LogP contribution is -2.09. The summed E-state index contributed by atoms with van der Waals surface area (Å²) in [5.74, 6) is -0.0455. The van der Waals surface area contributed by atoms with E-state index < -0.39 is 0 Å². The largest absolute Gasteiger partial charge is 0.469 e. The zero-order valence-electron chi connectivity index (χ0n) is 25.0. The Balaban J connectivity index is 1.74. The van der Waals surface area contributed by atoms with Crippen LogP contribution in [0.4, 0.5) is 0 Å². The molecule has 1 aliphatic carbocycles. The van der Waals surface area contributed by atoms with Crippen molar-refractivity contribution in [2.24, 2.45) is 0 Å². The summed E-state index contributed by atoms with van der Waals surface area (Å²) in [7, 11) is 1.42. The average molecular weight is 551 g/mol. The topological polar surface area (TPSA) is 101 Å². The molecule has 3 aromatic heterocycles. The molecule has 41 heavy (non-hydrogen) atoms. The molecule has 2 N–H and O–H groups in total. The molecule has 3 aliphatic rings. The van der Waals surface area contributed by atoms with E-state index in [1.54, 1.807) is 0 Å². The summed E-state index contributed by atoms with van der Waals surface area (Å²) in [6.45, 7) is 12.8. The third-order valence-corrected chi connectivity index (χ3v) is 9.47. The molecule has 3 aromatic rings. The number of methoxy groups -OCH3 is 1. The molecule has 7 heteroatoms. The lowest BCUT2D eigenvalue weighted by molar-refractivity contribution is -0.140. The van der Waals surface area contributed by atoms with Crippen LogP contribution >= 0.6 is 0 Å². The van der Waals surface area contributed by atoms with Gasteiger partial charge in [-0.2, -0.15) is 0 Å². The van der Waals surface area contributed by atoms with Crippen LogP contribution in [0.5, 0.6) is 0 Å². The highest BCUT2D eigenvalue weighted by Crippen LogP contribution is 2.44. The number of hydrogen-bond donors (Lipinski definition) is 2. The minimum Gasteiger partial charge on any atom is -0.469 e. The predicted octanol–water partition coefficient (Wildman–Crippen LogP) is 7.41. The van der Waals surface area contributed by atoms with Gasteiger partial charge in [0.25, 0.3) is 0 Å². The Morgan fingerprint density at radius 2 is 1.71 bits per heavy atom. The Labute approximate surface area is 240 Å². The third-order valence-electron chi connectivity index (χ3n) is 9.47. The first-order valence-electron chi connectivity index (χ1n) is 14.7. The van der Waals surface area contributed by atoms with Gasteiger partial charge in [0, 0.05) is 58.0 Å². The van der Waals surface area contributed by atoms with Crippen molar-refractivity contribution < 1.29 is 14.3 Å². The fraction of sp³-hybridized carbons (Fsp3) is 0.412. The SMILES string of the molecule is CCC1=C(C)c2cc3[nH]c(cc4nc(c5c6[nH]c(cc1n2)c(C)c6C(=O)C5)[C@@H](CCC(=O)OC)[C@@H]4C)c(C)c3CC. The van der Waals surface area contributed by atoms with Crippen molar-refractivity contribution in [3.8, 4) is 0 Å². The van der Waals surface area contributed by atoms with Gasteiger partial charge in [-0.1, -0.05) is 20.8 Å². The zero-order valence-corrected chi connectivity index (χ0v) is 25.0. The van der Waals surface area contributed by atoms with Gasteiger partial charge in [-0.3, -0.25) is 14.6 Å². The first-order valence-corrected chi connectivity index (χ1v) is 14.7. The van der Waals surface area contributed by atoms with Crippen LogP contribution in [0, 0.1) is 13.8 Å². The van der Waals surface area contributed by atoms with Crippen LogP contribution in [0.2, 0.25) is 0 Å². The number of carbonyl (C=O) groups excluding carboxylic acids is 2. The summed E-state index contributed by atoms with van der Waals surface area (Å²) in [5, 5.41) is 0. The first kappa shape index (κ1) is 27.2. The second kappa shape index (κ2) is 10.1. The van der Waals surface area contributed by atoms with Crippen molar-refractivity contribution in [2.45, 2.75) is 85.5 Å². The molecule has 0 radical (unpaired) electrons. The average Bonchev–Trinajstić information content (AvgIpc) is 3.70. The highest BCUT2D eigenvalue weighted by Gasteiger charge is 2.36. The van der Waals surface area contributed by atoms with Crippen LogP contribution in [-0.4, -0.2) is 38.8 Å². The van der Waals surface area contributed by atoms with Crippen molar-refractivity contribution in [2.75, 3.05) is 7.11 Å². The van der Waals surface area contributed by atoms with Crippen LogP contribution in [0.1, 0.15) is 114 Å². The molecule has 5 heterocycles. The zero-order chi connectivity index (χ0) is 29.2. The number of hydrogen-bond acceptors (Lipinski definition) is 5. The highest BCUT2D eigenvalue weighted by molar-refractivity contribution is 6.13. The van der Waals surface area contributed by atoms with E-state index in [0.717, 1.165) is 74.4 Å². The number of nitrogens with zero attached hydrogens (tertiary/aromatic N) is 2. The van der Waals surface area contributed by atoms with E-state index in [1.165, 1.54) is 29.4 Å². The molecule has 0 aromatic carbocycles. The molecule has 0 fully saturated rings. The summed E-state index contributed by atoms with van der Waals surface area (Å²) < 4.78 is 4.97. The number of ketones is 1. The smallest absolute Gasteiger partial charge is 0.305 e. The summed E-state index contributed by atoms with van der Waals surface area (Å²) in [4.78, 5) is 43.2. The van der Waals surface area contributed by atoms with E-state index in [0.29, 0.717) is 19.3 Å². The van der Waals surface area contributed by atoms with Gasteiger partial charge in [-0.15, -0.1) is 0 Å².